The maximum absolute atomic E-state index is 12.1. The van der Waals surface area contributed by atoms with Crippen LogP contribution in [0.2, 0.25) is 0 Å². The van der Waals surface area contributed by atoms with Gasteiger partial charge >= 0.3 is 0 Å². The second-order valence-electron chi connectivity index (χ2n) is 4.90. The van der Waals surface area contributed by atoms with E-state index in [0.717, 1.165) is 23.9 Å². The van der Waals surface area contributed by atoms with Gasteiger partial charge in [-0.25, -0.2) is 0 Å². The third-order valence-corrected chi connectivity index (χ3v) is 3.33. The molecule has 0 atom stereocenters. The molecule has 4 nitrogen and oxygen atoms in total. The van der Waals surface area contributed by atoms with E-state index in [1.807, 2.05) is 24.3 Å². The minimum absolute atomic E-state index is 0.0455. The number of hydrogen-bond donors (Lipinski definition) is 0. The first-order valence-electron chi connectivity index (χ1n) is 7.16. The van der Waals surface area contributed by atoms with Gasteiger partial charge in [0.2, 0.25) is 5.91 Å². The lowest BCUT2D eigenvalue weighted by atomic mass is 10.1. The summed E-state index contributed by atoms with van der Waals surface area (Å²) in [5, 5.41) is 7.94. The van der Waals surface area contributed by atoms with E-state index in [0.29, 0.717) is 6.42 Å². The van der Waals surface area contributed by atoms with Gasteiger partial charge in [0.15, 0.2) is 0 Å². The Balaban J connectivity index is 1.83. The molecule has 1 heterocycles. The molecule has 0 bridgehead atoms. The molecule has 0 aliphatic rings. The van der Waals surface area contributed by atoms with Gasteiger partial charge in [0, 0.05) is 6.42 Å². The molecule has 19 heavy (non-hydrogen) atoms. The molecule has 2 rings (SSSR count). The summed E-state index contributed by atoms with van der Waals surface area (Å²) in [6, 6.07) is 7.56. The Labute approximate surface area is 113 Å². The summed E-state index contributed by atoms with van der Waals surface area (Å²) in [6.07, 6.45) is 7.66. The maximum atomic E-state index is 12.1. The van der Waals surface area contributed by atoms with Gasteiger partial charge in [0.25, 0.3) is 0 Å². The molecule has 0 aliphatic carbocycles. The molecule has 0 amide bonds. The molecule has 0 unspecified atom stereocenters. The van der Waals surface area contributed by atoms with Gasteiger partial charge in [-0.2, -0.15) is 4.68 Å². The zero-order valence-corrected chi connectivity index (χ0v) is 11.5. The van der Waals surface area contributed by atoms with Gasteiger partial charge in [-0.1, -0.05) is 56.4 Å². The normalized spacial score (nSPS) is 11.0. The summed E-state index contributed by atoms with van der Waals surface area (Å²) < 4.78 is 1.43. The van der Waals surface area contributed by atoms with Crippen molar-refractivity contribution in [2.75, 3.05) is 0 Å². The molecule has 0 fully saturated rings. The fraction of sp³-hybridized carbons (Fsp3) is 0.533. The van der Waals surface area contributed by atoms with Gasteiger partial charge in [-0.05, 0) is 18.6 Å². The first-order chi connectivity index (χ1) is 9.33. The van der Waals surface area contributed by atoms with Crippen LogP contribution in [0.1, 0.15) is 56.7 Å². The molecule has 4 heteroatoms. The number of para-hydroxylation sites is 1. The van der Waals surface area contributed by atoms with Gasteiger partial charge in [-0.15, -0.1) is 5.10 Å². The van der Waals surface area contributed by atoms with Crippen LogP contribution in [0, 0.1) is 0 Å². The van der Waals surface area contributed by atoms with Crippen LogP contribution in [0.4, 0.5) is 0 Å². The highest BCUT2D eigenvalue weighted by Gasteiger charge is 2.10. The van der Waals surface area contributed by atoms with Crippen molar-refractivity contribution in [3.05, 3.63) is 24.3 Å². The number of aromatic nitrogens is 3. The van der Waals surface area contributed by atoms with Crippen molar-refractivity contribution < 1.29 is 4.79 Å². The first kappa shape index (κ1) is 13.7. The highest BCUT2D eigenvalue weighted by atomic mass is 16.2. The molecule has 1 aromatic carbocycles. The Bertz CT molecular complexity index is 533. The van der Waals surface area contributed by atoms with E-state index in [-0.39, 0.29) is 5.91 Å². The minimum Gasteiger partial charge on any atom is -0.273 e. The van der Waals surface area contributed by atoms with Gasteiger partial charge in [-0.3, -0.25) is 4.79 Å². The number of benzene rings is 1. The van der Waals surface area contributed by atoms with Crippen LogP contribution in [0.15, 0.2) is 24.3 Å². The predicted octanol–water partition coefficient (Wildman–Crippen LogP) is 3.82. The quantitative estimate of drug-likeness (QED) is 0.710. The fourth-order valence-corrected chi connectivity index (χ4v) is 2.22. The van der Waals surface area contributed by atoms with Crippen LogP contribution in [-0.4, -0.2) is 20.9 Å². The van der Waals surface area contributed by atoms with E-state index in [2.05, 4.69) is 17.2 Å². The van der Waals surface area contributed by atoms with E-state index >= 15 is 0 Å². The van der Waals surface area contributed by atoms with E-state index in [1.165, 1.54) is 30.4 Å². The van der Waals surface area contributed by atoms with Crippen molar-refractivity contribution in [2.24, 2.45) is 0 Å². The Morgan fingerprint density at radius 1 is 1.11 bits per heavy atom. The average Bonchev–Trinajstić information content (AvgIpc) is 2.86. The highest BCUT2D eigenvalue weighted by Crippen LogP contribution is 2.12. The third kappa shape index (κ3) is 3.63. The molecule has 1 aromatic heterocycles. The van der Waals surface area contributed by atoms with Crippen molar-refractivity contribution in [1.82, 2.24) is 15.0 Å². The SMILES string of the molecule is CCCCCCCCC(=O)n1nnc2ccccc21. The molecule has 0 N–H and O–H groups in total. The predicted molar refractivity (Wildman–Crippen MR) is 76.1 cm³/mol. The van der Waals surface area contributed by atoms with E-state index < -0.39 is 0 Å². The van der Waals surface area contributed by atoms with Crippen LogP contribution in [0.5, 0.6) is 0 Å². The zero-order valence-electron chi connectivity index (χ0n) is 11.5. The largest absolute Gasteiger partial charge is 0.273 e. The molecule has 102 valence electrons. The average molecular weight is 259 g/mol. The highest BCUT2D eigenvalue weighted by molar-refractivity contribution is 5.88. The number of unbranched alkanes of at least 4 members (excludes halogenated alkanes) is 5. The van der Waals surface area contributed by atoms with Crippen LogP contribution < -0.4 is 0 Å². The van der Waals surface area contributed by atoms with Crippen LogP contribution in [0.3, 0.4) is 0 Å². The maximum Gasteiger partial charge on any atom is 0.248 e. The third-order valence-electron chi connectivity index (χ3n) is 3.33. The smallest absolute Gasteiger partial charge is 0.248 e. The second-order valence-corrected chi connectivity index (χ2v) is 4.90. The van der Waals surface area contributed by atoms with Crippen LogP contribution >= 0.6 is 0 Å². The van der Waals surface area contributed by atoms with Gasteiger partial charge in [0.1, 0.15) is 5.52 Å². The summed E-state index contributed by atoms with van der Waals surface area (Å²) in [6.45, 7) is 2.21. The van der Waals surface area contributed by atoms with Crippen molar-refractivity contribution >= 4 is 16.9 Å². The topological polar surface area (TPSA) is 47.8 Å². The molecular formula is C15H21N3O. The number of fused-ring (bicyclic) bond motifs is 1. The number of nitrogens with zero attached hydrogens (tertiary/aromatic N) is 3. The monoisotopic (exact) mass is 259 g/mol. The lowest BCUT2D eigenvalue weighted by molar-refractivity contribution is 0.0886. The summed E-state index contributed by atoms with van der Waals surface area (Å²) in [7, 11) is 0. The number of hydrogen-bond acceptors (Lipinski definition) is 3. The lowest BCUT2D eigenvalue weighted by Gasteiger charge is -2.01. The van der Waals surface area contributed by atoms with Gasteiger partial charge in [0.05, 0.1) is 5.52 Å². The molecule has 0 saturated heterocycles. The molecule has 0 aliphatic heterocycles. The van der Waals surface area contributed by atoms with Crippen molar-refractivity contribution in [2.45, 2.75) is 51.9 Å². The molecule has 2 aromatic rings. The van der Waals surface area contributed by atoms with E-state index in [9.17, 15) is 4.79 Å². The Hall–Kier alpha value is -1.71. The molecule has 0 radical (unpaired) electrons. The molecule has 0 saturated carbocycles. The Morgan fingerprint density at radius 2 is 1.84 bits per heavy atom. The second kappa shape index (κ2) is 7.02. The Kier molecular flexibility index (Phi) is 5.07. The fourth-order valence-electron chi connectivity index (χ4n) is 2.22. The summed E-state index contributed by atoms with van der Waals surface area (Å²) in [5.41, 5.74) is 1.58. The van der Waals surface area contributed by atoms with Crippen molar-refractivity contribution in [3.8, 4) is 0 Å². The standard InChI is InChI=1S/C15H21N3O/c1-2-3-4-5-6-7-12-15(19)18-14-11-9-8-10-13(14)16-17-18/h8-11H,2-7,12H2,1H3. The first-order valence-corrected chi connectivity index (χ1v) is 7.16. The van der Waals surface area contributed by atoms with Crippen molar-refractivity contribution in [1.29, 1.82) is 0 Å². The minimum atomic E-state index is 0.0455. The van der Waals surface area contributed by atoms with Crippen molar-refractivity contribution in [3.63, 3.8) is 0 Å². The molecular weight excluding hydrogens is 238 g/mol. The van der Waals surface area contributed by atoms with Gasteiger partial charge < -0.3 is 0 Å². The number of carbonyl (C=O) groups excluding carboxylic acids is 1. The lowest BCUT2D eigenvalue weighted by Crippen LogP contribution is -2.12. The summed E-state index contributed by atoms with van der Waals surface area (Å²) in [5.74, 6) is 0.0455. The van der Waals surface area contributed by atoms with Crippen LogP contribution in [0.25, 0.3) is 11.0 Å². The summed E-state index contributed by atoms with van der Waals surface area (Å²) in [4.78, 5) is 12.1. The summed E-state index contributed by atoms with van der Waals surface area (Å²) >= 11 is 0. The number of carbonyl (C=O) groups is 1. The molecule has 0 spiro atoms. The van der Waals surface area contributed by atoms with Crippen LogP contribution in [-0.2, 0) is 0 Å². The Morgan fingerprint density at radius 3 is 2.68 bits per heavy atom. The van der Waals surface area contributed by atoms with E-state index in [4.69, 9.17) is 0 Å². The number of rotatable bonds is 7. The zero-order chi connectivity index (χ0) is 13.5. The van der Waals surface area contributed by atoms with E-state index in [1.54, 1.807) is 0 Å².